The molecule has 0 aliphatic heterocycles. The van der Waals surface area contributed by atoms with Gasteiger partial charge in [0.05, 0.1) is 13.2 Å². The minimum Gasteiger partial charge on any atom is -0.493 e. The van der Waals surface area contributed by atoms with Crippen molar-refractivity contribution in [3.63, 3.8) is 0 Å². The summed E-state index contributed by atoms with van der Waals surface area (Å²) in [5.74, 6) is 0.647. The monoisotopic (exact) mass is 265 g/mol. The van der Waals surface area contributed by atoms with Gasteiger partial charge in [0.1, 0.15) is 11.8 Å². The molecular weight excluding hydrogens is 242 g/mol. The molecule has 1 aromatic rings. The third-order valence-corrected chi connectivity index (χ3v) is 3.14. The normalized spacial score (nSPS) is 12.0. The lowest BCUT2D eigenvalue weighted by Crippen LogP contribution is -2.36. The Kier molecular flexibility index (Phi) is 6.36. The van der Waals surface area contributed by atoms with E-state index < -0.39 is 0 Å². The summed E-state index contributed by atoms with van der Waals surface area (Å²) >= 11 is 0. The highest BCUT2D eigenvalue weighted by Gasteiger charge is 2.17. The SMILES string of the molecule is CCOC(=O)C(CCOc1cccc(C)c1C)NC. The van der Waals surface area contributed by atoms with Crippen molar-refractivity contribution in [2.24, 2.45) is 0 Å². The maximum Gasteiger partial charge on any atom is 0.323 e. The first-order valence-electron chi connectivity index (χ1n) is 6.63. The predicted molar refractivity (Wildman–Crippen MR) is 75.5 cm³/mol. The van der Waals surface area contributed by atoms with Crippen LogP contribution < -0.4 is 10.1 Å². The van der Waals surface area contributed by atoms with Crippen molar-refractivity contribution >= 4 is 5.97 Å². The molecule has 0 amide bonds. The maximum atomic E-state index is 11.6. The van der Waals surface area contributed by atoms with Gasteiger partial charge in [-0.15, -0.1) is 0 Å². The number of carbonyl (C=O) groups excluding carboxylic acids is 1. The average Bonchev–Trinajstić information content (AvgIpc) is 2.39. The van der Waals surface area contributed by atoms with Crippen LogP contribution in [0.4, 0.5) is 0 Å². The van der Waals surface area contributed by atoms with E-state index in [4.69, 9.17) is 9.47 Å². The van der Waals surface area contributed by atoms with Crippen LogP contribution in [0, 0.1) is 13.8 Å². The first kappa shape index (κ1) is 15.5. The Morgan fingerprint density at radius 1 is 1.37 bits per heavy atom. The summed E-state index contributed by atoms with van der Waals surface area (Å²) in [6.07, 6.45) is 0.586. The lowest BCUT2D eigenvalue weighted by Gasteiger charge is -2.16. The Labute approximate surface area is 115 Å². The Hall–Kier alpha value is -1.55. The van der Waals surface area contributed by atoms with Gasteiger partial charge in [-0.05, 0) is 45.0 Å². The molecule has 0 saturated heterocycles. The van der Waals surface area contributed by atoms with E-state index in [1.54, 1.807) is 14.0 Å². The number of likely N-dealkylation sites (N-methyl/N-ethyl adjacent to an activating group) is 1. The molecule has 0 bridgehead atoms. The fourth-order valence-corrected chi connectivity index (χ4v) is 1.79. The van der Waals surface area contributed by atoms with Crippen LogP contribution in [-0.2, 0) is 9.53 Å². The highest BCUT2D eigenvalue weighted by Crippen LogP contribution is 2.20. The summed E-state index contributed by atoms with van der Waals surface area (Å²) in [7, 11) is 1.75. The fourth-order valence-electron chi connectivity index (χ4n) is 1.79. The number of aryl methyl sites for hydroxylation is 1. The van der Waals surface area contributed by atoms with E-state index in [-0.39, 0.29) is 12.0 Å². The topological polar surface area (TPSA) is 47.6 Å². The Morgan fingerprint density at radius 3 is 2.74 bits per heavy atom. The molecule has 4 nitrogen and oxygen atoms in total. The van der Waals surface area contributed by atoms with E-state index >= 15 is 0 Å². The lowest BCUT2D eigenvalue weighted by molar-refractivity contribution is -0.145. The average molecular weight is 265 g/mol. The van der Waals surface area contributed by atoms with Crippen molar-refractivity contribution in [1.82, 2.24) is 5.32 Å². The zero-order valence-corrected chi connectivity index (χ0v) is 12.2. The summed E-state index contributed by atoms with van der Waals surface area (Å²) < 4.78 is 10.7. The van der Waals surface area contributed by atoms with Crippen molar-refractivity contribution < 1.29 is 14.3 Å². The van der Waals surface area contributed by atoms with Gasteiger partial charge in [0.25, 0.3) is 0 Å². The number of nitrogens with one attached hydrogen (secondary N) is 1. The molecular formula is C15H23NO3. The van der Waals surface area contributed by atoms with Crippen molar-refractivity contribution in [2.75, 3.05) is 20.3 Å². The van der Waals surface area contributed by atoms with Crippen molar-refractivity contribution in [2.45, 2.75) is 33.2 Å². The number of esters is 1. The molecule has 0 spiro atoms. The predicted octanol–water partition coefficient (Wildman–Crippen LogP) is 2.22. The van der Waals surface area contributed by atoms with Gasteiger partial charge in [-0.25, -0.2) is 0 Å². The molecule has 0 aliphatic carbocycles. The quantitative estimate of drug-likeness (QED) is 0.768. The molecule has 1 atom stereocenters. The first-order chi connectivity index (χ1) is 9.10. The number of carbonyl (C=O) groups is 1. The molecule has 1 rings (SSSR count). The van der Waals surface area contributed by atoms with Crippen molar-refractivity contribution in [3.05, 3.63) is 29.3 Å². The van der Waals surface area contributed by atoms with Gasteiger partial charge in [0, 0.05) is 6.42 Å². The minimum absolute atomic E-state index is 0.227. The largest absolute Gasteiger partial charge is 0.493 e. The molecule has 0 heterocycles. The van der Waals surface area contributed by atoms with Gasteiger partial charge in [-0.1, -0.05) is 12.1 Å². The van der Waals surface area contributed by atoms with Crippen LogP contribution in [0.3, 0.4) is 0 Å². The summed E-state index contributed by atoms with van der Waals surface area (Å²) in [6.45, 7) is 6.77. The van der Waals surface area contributed by atoms with E-state index in [2.05, 4.69) is 18.3 Å². The van der Waals surface area contributed by atoms with Gasteiger partial charge >= 0.3 is 5.97 Å². The standard InChI is InChI=1S/C15H23NO3/c1-5-18-15(17)13(16-4)9-10-19-14-8-6-7-11(2)12(14)3/h6-8,13,16H,5,9-10H2,1-4H3. The van der Waals surface area contributed by atoms with E-state index in [9.17, 15) is 4.79 Å². The molecule has 1 unspecified atom stereocenters. The smallest absolute Gasteiger partial charge is 0.323 e. The van der Waals surface area contributed by atoms with Crippen LogP contribution in [0.15, 0.2) is 18.2 Å². The van der Waals surface area contributed by atoms with E-state index in [0.717, 1.165) is 11.3 Å². The second kappa shape index (κ2) is 7.79. The Balaban J connectivity index is 2.48. The van der Waals surface area contributed by atoms with E-state index in [1.165, 1.54) is 5.56 Å². The number of rotatable bonds is 7. The third kappa shape index (κ3) is 4.56. The van der Waals surface area contributed by atoms with E-state index in [1.807, 2.05) is 19.1 Å². The highest BCUT2D eigenvalue weighted by atomic mass is 16.5. The lowest BCUT2D eigenvalue weighted by atomic mass is 10.1. The highest BCUT2D eigenvalue weighted by molar-refractivity contribution is 5.75. The number of hydrogen-bond acceptors (Lipinski definition) is 4. The summed E-state index contributed by atoms with van der Waals surface area (Å²) in [6, 6.07) is 5.65. The summed E-state index contributed by atoms with van der Waals surface area (Å²) in [5.41, 5.74) is 2.34. The molecule has 0 aliphatic rings. The molecule has 0 saturated carbocycles. The van der Waals surface area contributed by atoms with Crippen LogP contribution in [0.1, 0.15) is 24.5 Å². The Bertz CT molecular complexity index is 418. The second-order valence-corrected chi connectivity index (χ2v) is 4.43. The maximum absolute atomic E-state index is 11.6. The van der Waals surface area contributed by atoms with Crippen molar-refractivity contribution in [1.29, 1.82) is 0 Å². The zero-order valence-electron chi connectivity index (χ0n) is 12.2. The number of benzene rings is 1. The van der Waals surface area contributed by atoms with Crippen molar-refractivity contribution in [3.8, 4) is 5.75 Å². The molecule has 19 heavy (non-hydrogen) atoms. The zero-order chi connectivity index (χ0) is 14.3. The second-order valence-electron chi connectivity index (χ2n) is 4.43. The van der Waals surface area contributed by atoms with Gasteiger partial charge in [0.15, 0.2) is 0 Å². The minimum atomic E-state index is -0.315. The fraction of sp³-hybridized carbons (Fsp3) is 0.533. The molecule has 4 heteroatoms. The molecule has 1 aromatic carbocycles. The molecule has 0 aromatic heterocycles. The van der Waals surface area contributed by atoms with Gasteiger partial charge < -0.3 is 14.8 Å². The molecule has 1 N–H and O–H groups in total. The summed E-state index contributed by atoms with van der Waals surface area (Å²) in [5, 5.41) is 2.94. The van der Waals surface area contributed by atoms with Crippen LogP contribution in [0.25, 0.3) is 0 Å². The molecule has 0 fully saturated rings. The van der Waals surface area contributed by atoms with Crippen LogP contribution in [0.2, 0.25) is 0 Å². The summed E-state index contributed by atoms with van der Waals surface area (Å²) in [4.78, 5) is 11.6. The van der Waals surface area contributed by atoms with Gasteiger partial charge in [-0.3, -0.25) is 4.79 Å². The van der Waals surface area contributed by atoms with Gasteiger partial charge in [0.2, 0.25) is 0 Å². The number of hydrogen-bond donors (Lipinski definition) is 1. The molecule has 106 valence electrons. The third-order valence-electron chi connectivity index (χ3n) is 3.14. The van der Waals surface area contributed by atoms with Crippen LogP contribution >= 0.6 is 0 Å². The molecule has 0 radical (unpaired) electrons. The first-order valence-corrected chi connectivity index (χ1v) is 6.63. The Morgan fingerprint density at radius 2 is 2.11 bits per heavy atom. The van der Waals surface area contributed by atoms with Gasteiger partial charge in [-0.2, -0.15) is 0 Å². The van der Waals surface area contributed by atoms with Crippen LogP contribution in [0.5, 0.6) is 5.75 Å². The number of ether oxygens (including phenoxy) is 2. The van der Waals surface area contributed by atoms with E-state index in [0.29, 0.717) is 19.6 Å². The van der Waals surface area contributed by atoms with Crippen LogP contribution in [-0.4, -0.2) is 32.3 Å².